The molecule has 0 saturated heterocycles. The van der Waals surface area contributed by atoms with Crippen LogP contribution in [0, 0.1) is 5.82 Å². The lowest BCUT2D eigenvalue weighted by Crippen LogP contribution is -2.29. The predicted molar refractivity (Wildman–Crippen MR) is 72.9 cm³/mol. The molecule has 2 atom stereocenters. The number of hydrogen-bond donors (Lipinski definition) is 1. The Bertz CT molecular complexity index is 559. The van der Waals surface area contributed by atoms with Gasteiger partial charge in [0.2, 0.25) is 0 Å². The van der Waals surface area contributed by atoms with Crippen molar-refractivity contribution in [3.63, 3.8) is 0 Å². The van der Waals surface area contributed by atoms with Crippen LogP contribution >= 0.6 is 11.3 Å². The second-order valence-electron chi connectivity index (χ2n) is 4.55. The molecule has 3 rings (SSSR count). The average Bonchev–Trinajstić information content (AvgIpc) is 2.93. The van der Waals surface area contributed by atoms with Crippen molar-refractivity contribution in [3.8, 4) is 5.75 Å². The first-order chi connectivity index (χ1) is 9.28. The number of fused-ring (bicyclic) bond motifs is 1. The molecule has 2 unspecified atom stereocenters. The van der Waals surface area contributed by atoms with Gasteiger partial charge < -0.3 is 10.1 Å². The normalized spacial score (nSPS) is 21.8. The molecule has 0 saturated carbocycles. The minimum atomic E-state index is -0.225. The third-order valence-electron chi connectivity index (χ3n) is 3.30. The molecule has 2 heterocycles. The maximum atomic E-state index is 13.4. The van der Waals surface area contributed by atoms with Crippen molar-refractivity contribution in [1.29, 1.82) is 0 Å². The summed E-state index contributed by atoms with van der Waals surface area (Å²) in [4.78, 5) is 4.32. The quantitative estimate of drug-likeness (QED) is 0.933. The Morgan fingerprint density at radius 1 is 1.53 bits per heavy atom. The second kappa shape index (κ2) is 5.27. The van der Waals surface area contributed by atoms with Crippen molar-refractivity contribution in [2.75, 3.05) is 6.54 Å². The molecular weight excluding hydrogens is 263 g/mol. The Balaban J connectivity index is 1.95. The molecule has 5 heteroatoms. The molecule has 0 spiro atoms. The number of benzene rings is 1. The molecule has 19 heavy (non-hydrogen) atoms. The summed E-state index contributed by atoms with van der Waals surface area (Å²) in [7, 11) is 0. The number of hydrogen-bond acceptors (Lipinski definition) is 4. The van der Waals surface area contributed by atoms with Crippen LogP contribution in [0.25, 0.3) is 0 Å². The fraction of sp³-hybridized carbons (Fsp3) is 0.357. The third-order valence-corrected chi connectivity index (χ3v) is 3.90. The van der Waals surface area contributed by atoms with E-state index in [0.29, 0.717) is 0 Å². The monoisotopic (exact) mass is 278 g/mol. The van der Waals surface area contributed by atoms with Crippen molar-refractivity contribution >= 4 is 11.3 Å². The van der Waals surface area contributed by atoms with Crippen molar-refractivity contribution in [3.05, 3.63) is 46.2 Å². The van der Waals surface area contributed by atoms with Gasteiger partial charge in [0.15, 0.2) is 0 Å². The minimum Gasteiger partial charge on any atom is -0.484 e. The maximum Gasteiger partial charge on any atom is 0.143 e. The fourth-order valence-electron chi connectivity index (χ4n) is 2.44. The summed E-state index contributed by atoms with van der Waals surface area (Å²) in [6.45, 7) is 2.89. The smallest absolute Gasteiger partial charge is 0.143 e. The number of ether oxygens (including phenoxy) is 1. The first-order valence-corrected chi connectivity index (χ1v) is 7.29. The molecule has 1 aliphatic heterocycles. The van der Waals surface area contributed by atoms with Crippen LogP contribution in [0.4, 0.5) is 4.39 Å². The first kappa shape index (κ1) is 12.6. The number of aromatic nitrogens is 1. The van der Waals surface area contributed by atoms with Gasteiger partial charge >= 0.3 is 0 Å². The Morgan fingerprint density at radius 2 is 2.42 bits per heavy atom. The number of rotatable bonds is 3. The first-order valence-electron chi connectivity index (χ1n) is 6.35. The van der Waals surface area contributed by atoms with Crippen LogP contribution < -0.4 is 10.1 Å². The summed E-state index contributed by atoms with van der Waals surface area (Å²) in [5.74, 6) is 0.522. The molecule has 1 aromatic heterocycles. The molecule has 1 aromatic carbocycles. The van der Waals surface area contributed by atoms with Crippen molar-refractivity contribution < 1.29 is 9.13 Å². The fourth-order valence-corrected chi connectivity index (χ4v) is 3.04. The van der Waals surface area contributed by atoms with E-state index in [-0.39, 0.29) is 18.0 Å². The highest BCUT2D eigenvalue weighted by molar-refractivity contribution is 7.07. The highest BCUT2D eigenvalue weighted by atomic mass is 32.1. The van der Waals surface area contributed by atoms with Crippen LogP contribution in [-0.2, 0) is 0 Å². The van der Waals surface area contributed by atoms with Gasteiger partial charge in [-0.1, -0.05) is 6.92 Å². The van der Waals surface area contributed by atoms with Crippen molar-refractivity contribution in [2.45, 2.75) is 25.5 Å². The van der Waals surface area contributed by atoms with Crippen LogP contribution in [0.1, 0.15) is 36.7 Å². The zero-order valence-corrected chi connectivity index (χ0v) is 11.4. The lowest BCUT2D eigenvalue weighted by atomic mass is 9.95. The molecule has 0 bridgehead atoms. The number of nitrogens with zero attached hydrogens (tertiary/aromatic N) is 1. The predicted octanol–water partition coefficient (Wildman–Crippen LogP) is 3.46. The maximum absolute atomic E-state index is 13.4. The second-order valence-corrected chi connectivity index (χ2v) is 5.27. The molecule has 0 radical (unpaired) electrons. The van der Waals surface area contributed by atoms with Crippen molar-refractivity contribution in [2.24, 2.45) is 0 Å². The Morgan fingerprint density at radius 3 is 3.16 bits per heavy atom. The van der Waals surface area contributed by atoms with E-state index in [9.17, 15) is 4.39 Å². The molecule has 2 aromatic rings. The highest BCUT2D eigenvalue weighted by Gasteiger charge is 2.30. The Kier molecular flexibility index (Phi) is 3.48. The van der Waals surface area contributed by atoms with Crippen LogP contribution in [-0.4, -0.2) is 11.5 Å². The van der Waals surface area contributed by atoms with E-state index in [1.54, 1.807) is 29.0 Å². The number of halogens is 1. The molecule has 0 fully saturated rings. The number of thiazole rings is 1. The minimum absolute atomic E-state index is 0.0618. The van der Waals surface area contributed by atoms with E-state index in [2.05, 4.69) is 10.3 Å². The molecule has 1 N–H and O–H groups in total. The average molecular weight is 278 g/mol. The van der Waals surface area contributed by atoms with E-state index in [4.69, 9.17) is 4.74 Å². The molecular formula is C14H15FN2OS. The van der Waals surface area contributed by atoms with Crippen molar-refractivity contribution in [1.82, 2.24) is 10.3 Å². The van der Waals surface area contributed by atoms with Gasteiger partial charge in [-0.3, -0.25) is 0 Å². The van der Waals surface area contributed by atoms with E-state index in [1.165, 1.54) is 6.07 Å². The summed E-state index contributed by atoms with van der Waals surface area (Å²) >= 11 is 1.56. The lowest BCUT2D eigenvalue weighted by molar-refractivity contribution is 0.148. The molecule has 0 aliphatic carbocycles. The van der Waals surface area contributed by atoms with Gasteiger partial charge in [0.05, 0.1) is 11.2 Å². The Hall–Kier alpha value is -1.46. The summed E-state index contributed by atoms with van der Waals surface area (Å²) in [5, 5.41) is 5.39. The molecule has 0 amide bonds. The molecule has 3 nitrogen and oxygen atoms in total. The summed E-state index contributed by atoms with van der Waals surface area (Å²) in [5.41, 5.74) is 3.65. The Labute approximate surface area is 115 Å². The summed E-state index contributed by atoms with van der Waals surface area (Å²) < 4.78 is 19.3. The summed E-state index contributed by atoms with van der Waals surface area (Å²) in [6, 6.07) is 4.80. The molecule has 100 valence electrons. The summed E-state index contributed by atoms with van der Waals surface area (Å²) in [6.07, 6.45) is 0.710. The number of nitrogens with one attached hydrogen (secondary N) is 1. The van der Waals surface area contributed by atoms with Crippen LogP contribution in [0.2, 0.25) is 0 Å². The third kappa shape index (κ3) is 2.48. The topological polar surface area (TPSA) is 34.2 Å². The largest absolute Gasteiger partial charge is 0.484 e. The van der Waals surface area contributed by atoms with E-state index >= 15 is 0 Å². The van der Waals surface area contributed by atoms with E-state index in [0.717, 1.165) is 30.0 Å². The lowest BCUT2D eigenvalue weighted by Gasteiger charge is -2.32. The van der Waals surface area contributed by atoms with Gasteiger partial charge in [0.1, 0.15) is 17.7 Å². The van der Waals surface area contributed by atoms with Crippen LogP contribution in [0.15, 0.2) is 29.1 Å². The molecule has 1 aliphatic rings. The van der Waals surface area contributed by atoms with Gasteiger partial charge in [-0.05, 0) is 24.7 Å². The zero-order chi connectivity index (χ0) is 13.2. The zero-order valence-electron chi connectivity index (χ0n) is 10.6. The standard InChI is InChI=1S/C14H15FN2OS/c1-2-16-11-6-14(12-7-19-8-17-12)18-13-4-3-9(15)5-10(11)13/h3-5,7-8,11,14,16H,2,6H2,1H3. The SMILES string of the molecule is CCNC1CC(c2cscn2)Oc2ccc(F)cc21. The highest BCUT2D eigenvalue weighted by Crippen LogP contribution is 2.40. The van der Waals surface area contributed by atoms with Gasteiger partial charge in [0.25, 0.3) is 0 Å². The van der Waals surface area contributed by atoms with E-state index < -0.39 is 0 Å². The van der Waals surface area contributed by atoms with Crippen LogP contribution in [0.5, 0.6) is 5.75 Å². The van der Waals surface area contributed by atoms with Gasteiger partial charge in [-0.25, -0.2) is 9.37 Å². The van der Waals surface area contributed by atoms with Gasteiger partial charge in [-0.2, -0.15) is 0 Å². The van der Waals surface area contributed by atoms with E-state index in [1.807, 2.05) is 12.3 Å². The van der Waals surface area contributed by atoms with Gasteiger partial charge in [-0.15, -0.1) is 11.3 Å². The van der Waals surface area contributed by atoms with Gasteiger partial charge in [0, 0.05) is 23.4 Å². The van der Waals surface area contributed by atoms with Crippen LogP contribution in [0.3, 0.4) is 0 Å².